The molecule has 7 heteroatoms. The van der Waals surface area contributed by atoms with E-state index in [1.165, 1.54) is 7.11 Å². The minimum Gasteiger partial charge on any atom is -0.497 e. The van der Waals surface area contributed by atoms with Crippen LogP contribution in [0.25, 0.3) is 0 Å². The number of ether oxygens (including phenoxy) is 3. The maximum Gasteiger partial charge on any atom is 0.407 e. The summed E-state index contributed by atoms with van der Waals surface area (Å²) in [6.45, 7) is 5.55. The molecule has 3 atom stereocenters. The van der Waals surface area contributed by atoms with Crippen molar-refractivity contribution in [1.82, 2.24) is 10.6 Å². The largest absolute Gasteiger partial charge is 0.497 e. The standard InChI is InChI=1S/C18H28N2O5/c1-11(2)15(20-18(22)25-6)17(21)19-12(3)16(24-5)13-7-9-14(23-4)10-8-13/h7-12,15-16H,1-6H3,(H,19,21)(H,20,22)/t12-,15-,16+/m0/s1. The summed E-state index contributed by atoms with van der Waals surface area (Å²) >= 11 is 0. The van der Waals surface area contributed by atoms with Crippen molar-refractivity contribution in [3.05, 3.63) is 29.8 Å². The molecule has 2 N–H and O–H groups in total. The van der Waals surface area contributed by atoms with Gasteiger partial charge in [0.1, 0.15) is 17.9 Å². The fourth-order valence-electron chi connectivity index (χ4n) is 2.53. The predicted octanol–water partition coefficient (Wildman–Crippen LogP) is 2.27. The molecule has 0 aliphatic heterocycles. The number of carbonyl (C=O) groups is 2. The van der Waals surface area contributed by atoms with Crippen molar-refractivity contribution >= 4 is 12.0 Å². The highest BCUT2D eigenvalue weighted by molar-refractivity contribution is 5.86. The molecule has 0 radical (unpaired) electrons. The summed E-state index contributed by atoms with van der Waals surface area (Å²) in [6, 6.07) is 6.47. The number of amides is 2. The van der Waals surface area contributed by atoms with Crippen LogP contribution in [0.2, 0.25) is 0 Å². The quantitative estimate of drug-likeness (QED) is 0.749. The molecular formula is C18H28N2O5. The van der Waals surface area contributed by atoms with Gasteiger partial charge in [-0.2, -0.15) is 0 Å². The van der Waals surface area contributed by atoms with Crippen LogP contribution >= 0.6 is 0 Å². The van der Waals surface area contributed by atoms with E-state index in [0.29, 0.717) is 0 Å². The third-order valence-electron chi connectivity index (χ3n) is 3.93. The monoisotopic (exact) mass is 352 g/mol. The summed E-state index contributed by atoms with van der Waals surface area (Å²) in [7, 11) is 4.45. The van der Waals surface area contributed by atoms with Crippen LogP contribution in [0.15, 0.2) is 24.3 Å². The van der Waals surface area contributed by atoms with E-state index in [2.05, 4.69) is 15.4 Å². The maximum atomic E-state index is 12.5. The molecule has 140 valence electrons. The van der Waals surface area contributed by atoms with Crippen molar-refractivity contribution in [3.8, 4) is 5.75 Å². The Labute approximate surface area is 149 Å². The van der Waals surface area contributed by atoms with E-state index in [0.717, 1.165) is 11.3 Å². The lowest BCUT2D eigenvalue weighted by Crippen LogP contribution is -2.52. The van der Waals surface area contributed by atoms with E-state index < -0.39 is 12.1 Å². The molecule has 0 heterocycles. The topological polar surface area (TPSA) is 85.9 Å². The zero-order chi connectivity index (χ0) is 19.0. The summed E-state index contributed by atoms with van der Waals surface area (Å²) in [5, 5.41) is 5.46. The lowest BCUT2D eigenvalue weighted by molar-refractivity contribution is -0.125. The Kier molecular flexibility index (Phi) is 8.21. The second-order valence-corrected chi connectivity index (χ2v) is 6.08. The van der Waals surface area contributed by atoms with Gasteiger partial charge in [-0.05, 0) is 30.5 Å². The molecule has 0 saturated heterocycles. The molecule has 7 nitrogen and oxygen atoms in total. The van der Waals surface area contributed by atoms with E-state index >= 15 is 0 Å². The average Bonchev–Trinajstić information content (AvgIpc) is 2.60. The molecule has 1 rings (SSSR count). The first-order chi connectivity index (χ1) is 11.8. The Hall–Kier alpha value is -2.28. The molecule has 2 amide bonds. The van der Waals surface area contributed by atoms with Crippen LogP contribution in [0.5, 0.6) is 5.75 Å². The van der Waals surface area contributed by atoms with Gasteiger partial charge in [0.05, 0.1) is 20.3 Å². The SMILES string of the molecule is COC(=O)N[C@H](C(=O)N[C@@H](C)[C@@H](OC)c1ccc(OC)cc1)C(C)C. The average molecular weight is 352 g/mol. The van der Waals surface area contributed by atoms with Crippen molar-refractivity contribution in [1.29, 1.82) is 0 Å². The maximum absolute atomic E-state index is 12.5. The first-order valence-electron chi connectivity index (χ1n) is 8.15. The fraction of sp³-hybridized carbons (Fsp3) is 0.556. The normalized spacial score (nSPS) is 14.4. The first kappa shape index (κ1) is 20.8. The van der Waals surface area contributed by atoms with Crippen LogP contribution in [-0.2, 0) is 14.3 Å². The van der Waals surface area contributed by atoms with Crippen LogP contribution in [0, 0.1) is 5.92 Å². The molecule has 0 spiro atoms. The second kappa shape index (κ2) is 9.88. The number of benzene rings is 1. The number of nitrogens with one attached hydrogen (secondary N) is 2. The lowest BCUT2D eigenvalue weighted by Gasteiger charge is -2.27. The van der Waals surface area contributed by atoms with E-state index in [4.69, 9.17) is 9.47 Å². The van der Waals surface area contributed by atoms with Gasteiger partial charge in [-0.3, -0.25) is 4.79 Å². The minimum absolute atomic E-state index is 0.0896. The Morgan fingerprint density at radius 1 is 0.960 bits per heavy atom. The third kappa shape index (κ3) is 5.94. The Morgan fingerprint density at radius 2 is 1.56 bits per heavy atom. The van der Waals surface area contributed by atoms with Crippen LogP contribution in [-0.4, -0.2) is 45.4 Å². The smallest absolute Gasteiger partial charge is 0.407 e. The molecule has 1 aromatic carbocycles. The third-order valence-corrected chi connectivity index (χ3v) is 3.93. The summed E-state index contributed by atoms with van der Waals surface area (Å²) in [5.74, 6) is 0.370. The highest BCUT2D eigenvalue weighted by Gasteiger charge is 2.28. The van der Waals surface area contributed by atoms with Gasteiger partial charge < -0.3 is 24.8 Å². The van der Waals surface area contributed by atoms with Crippen molar-refractivity contribution in [2.24, 2.45) is 5.92 Å². The lowest BCUT2D eigenvalue weighted by atomic mass is 10.0. The van der Waals surface area contributed by atoms with Gasteiger partial charge in [-0.15, -0.1) is 0 Å². The predicted molar refractivity (Wildman–Crippen MR) is 94.5 cm³/mol. The number of rotatable bonds is 8. The van der Waals surface area contributed by atoms with E-state index in [9.17, 15) is 9.59 Å². The minimum atomic E-state index is -0.691. The van der Waals surface area contributed by atoms with Gasteiger partial charge in [0.2, 0.25) is 5.91 Å². The highest BCUT2D eigenvalue weighted by atomic mass is 16.5. The van der Waals surface area contributed by atoms with Crippen molar-refractivity contribution < 1.29 is 23.8 Å². The number of carbonyl (C=O) groups excluding carboxylic acids is 2. The van der Waals surface area contributed by atoms with Gasteiger partial charge in [0.25, 0.3) is 0 Å². The number of hydrogen-bond acceptors (Lipinski definition) is 5. The molecule has 0 aliphatic rings. The fourth-order valence-corrected chi connectivity index (χ4v) is 2.53. The summed E-state index contributed by atoms with van der Waals surface area (Å²) in [5.41, 5.74) is 0.915. The van der Waals surface area contributed by atoms with Gasteiger partial charge in [-0.25, -0.2) is 4.79 Å². The number of hydrogen-bond donors (Lipinski definition) is 2. The second-order valence-electron chi connectivity index (χ2n) is 6.08. The number of methoxy groups -OCH3 is 3. The molecule has 0 bridgehead atoms. The van der Waals surface area contributed by atoms with Crippen molar-refractivity contribution in [2.75, 3.05) is 21.3 Å². The van der Waals surface area contributed by atoms with E-state index in [1.54, 1.807) is 14.2 Å². The van der Waals surface area contributed by atoms with Crippen LogP contribution in [0.3, 0.4) is 0 Å². The number of alkyl carbamates (subject to hydrolysis) is 1. The summed E-state index contributed by atoms with van der Waals surface area (Å²) < 4.78 is 15.3. The molecule has 0 aliphatic carbocycles. The Morgan fingerprint density at radius 3 is 2.00 bits per heavy atom. The van der Waals surface area contributed by atoms with Crippen LogP contribution in [0.1, 0.15) is 32.4 Å². The summed E-state index contributed by atoms with van der Waals surface area (Å²) in [6.07, 6.45) is -0.972. The van der Waals surface area contributed by atoms with E-state index in [1.807, 2.05) is 45.0 Å². The Balaban J connectivity index is 2.82. The van der Waals surface area contributed by atoms with E-state index in [-0.39, 0.29) is 24.0 Å². The molecule has 0 saturated carbocycles. The molecule has 0 aromatic heterocycles. The highest BCUT2D eigenvalue weighted by Crippen LogP contribution is 2.23. The van der Waals surface area contributed by atoms with Crippen LogP contribution in [0.4, 0.5) is 4.79 Å². The molecule has 0 unspecified atom stereocenters. The molecule has 0 fully saturated rings. The molecule has 25 heavy (non-hydrogen) atoms. The van der Waals surface area contributed by atoms with Crippen molar-refractivity contribution in [3.63, 3.8) is 0 Å². The Bertz CT molecular complexity index is 559. The van der Waals surface area contributed by atoms with Gasteiger partial charge in [0.15, 0.2) is 0 Å². The summed E-state index contributed by atoms with van der Waals surface area (Å²) in [4.78, 5) is 24.0. The first-order valence-corrected chi connectivity index (χ1v) is 8.15. The van der Waals surface area contributed by atoms with Crippen LogP contribution < -0.4 is 15.4 Å². The van der Waals surface area contributed by atoms with Gasteiger partial charge in [-0.1, -0.05) is 26.0 Å². The molecular weight excluding hydrogens is 324 g/mol. The van der Waals surface area contributed by atoms with Gasteiger partial charge >= 0.3 is 6.09 Å². The molecule has 1 aromatic rings. The zero-order valence-corrected chi connectivity index (χ0v) is 15.7. The van der Waals surface area contributed by atoms with Gasteiger partial charge in [0, 0.05) is 7.11 Å². The van der Waals surface area contributed by atoms with Crippen molar-refractivity contribution in [2.45, 2.75) is 39.0 Å². The zero-order valence-electron chi connectivity index (χ0n) is 15.7.